The van der Waals surface area contributed by atoms with Gasteiger partial charge in [0, 0.05) is 24.1 Å². The van der Waals surface area contributed by atoms with Gasteiger partial charge in [-0.05, 0) is 74.4 Å². The molecule has 34 heavy (non-hydrogen) atoms. The molecule has 7 heteroatoms. The highest BCUT2D eigenvalue weighted by Crippen LogP contribution is 2.42. The van der Waals surface area contributed by atoms with Gasteiger partial charge in [0.05, 0.1) is 24.9 Å². The largest absolute Gasteiger partial charge is 0.493 e. The van der Waals surface area contributed by atoms with Gasteiger partial charge in [-0.25, -0.2) is 8.42 Å². The number of rotatable bonds is 6. The third-order valence-corrected chi connectivity index (χ3v) is 7.09. The van der Waals surface area contributed by atoms with Crippen molar-refractivity contribution in [2.24, 2.45) is 0 Å². The lowest BCUT2D eigenvalue weighted by atomic mass is 9.69. The van der Waals surface area contributed by atoms with Gasteiger partial charge in [-0.1, -0.05) is 24.0 Å². The van der Waals surface area contributed by atoms with E-state index in [4.69, 9.17) is 9.47 Å². The summed E-state index contributed by atoms with van der Waals surface area (Å²) >= 11 is 0. The van der Waals surface area contributed by atoms with Gasteiger partial charge in [0.25, 0.3) is 0 Å². The van der Waals surface area contributed by atoms with Crippen LogP contribution in [0.4, 0.5) is 5.69 Å². The molecule has 2 aromatic carbocycles. The quantitative estimate of drug-likeness (QED) is 0.598. The first-order valence-electron chi connectivity index (χ1n) is 11.7. The van der Waals surface area contributed by atoms with E-state index in [1.807, 2.05) is 24.3 Å². The molecule has 0 aromatic heterocycles. The molecule has 2 aliphatic carbocycles. The van der Waals surface area contributed by atoms with Crippen molar-refractivity contribution >= 4 is 21.5 Å². The van der Waals surface area contributed by atoms with Crippen molar-refractivity contribution in [3.05, 3.63) is 53.6 Å². The average Bonchev–Trinajstić information content (AvgIpc) is 3.30. The van der Waals surface area contributed by atoms with Crippen LogP contribution in [0, 0.1) is 11.8 Å². The Hall–Kier alpha value is -2.98. The number of benzene rings is 2. The number of nitrogens with one attached hydrogen (secondary N) is 1. The Kier molecular flexibility index (Phi) is 7.18. The van der Waals surface area contributed by atoms with E-state index in [9.17, 15) is 13.2 Å². The van der Waals surface area contributed by atoms with Crippen molar-refractivity contribution < 1.29 is 22.7 Å². The predicted octanol–water partition coefficient (Wildman–Crippen LogP) is 4.82. The molecular weight excluding hydrogens is 450 g/mol. The molecule has 0 saturated heterocycles. The highest BCUT2D eigenvalue weighted by atomic mass is 32.2. The Labute approximate surface area is 202 Å². The van der Waals surface area contributed by atoms with Gasteiger partial charge < -0.3 is 9.47 Å². The molecule has 4 rings (SSSR count). The van der Waals surface area contributed by atoms with Crippen molar-refractivity contribution in [2.75, 3.05) is 18.1 Å². The minimum absolute atomic E-state index is 0.184. The molecule has 6 nitrogen and oxygen atoms in total. The molecule has 0 radical (unpaired) electrons. The van der Waals surface area contributed by atoms with Crippen molar-refractivity contribution in [3.8, 4) is 23.3 Å². The topological polar surface area (TPSA) is 81.7 Å². The normalized spacial score (nSPS) is 20.9. The van der Waals surface area contributed by atoms with Crippen LogP contribution >= 0.6 is 0 Å². The number of hydrogen-bond donors (Lipinski definition) is 1. The Morgan fingerprint density at radius 2 is 1.85 bits per heavy atom. The molecule has 1 N–H and O–H groups in total. The molecule has 2 fully saturated rings. The fraction of sp³-hybridized carbons (Fsp3) is 0.444. The second-order valence-corrected chi connectivity index (χ2v) is 11.0. The molecule has 2 saturated carbocycles. The van der Waals surface area contributed by atoms with Gasteiger partial charge in [0.1, 0.15) is 5.78 Å². The molecule has 1 atom stereocenters. The van der Waals surface area contributed by atoms with Crippen LogP contribution in [0.2, 0.25) is 0 Å². The molecule has 0 spiro atoms. The molecule has 2 aliphatic rings. The molecule has 180 valence electrons. The van der Waals surface area contributed by atoms with Crippen LogP contribution in [0.25, 0.3) is 0 Å². The number of ether oxygens (including phenoxy) is 2. The van der Waals surface area contributed by atoms with Gasteiger partial charge >= 0.3 is 0 Å². The number of anilines is 1. The van der Waals surface area contributed by atoms with Crippen molar-refractivity contribution in [1.82, 2.24) is 0 Å². The number of methoxy groups -OCH3 is 1. The van der Waals surface area contributed by atoms with Gasteiger partial charge in [-0.15, -0.1) is 0 Å². The van der Waals surface area contributed by atoms with E-state index < -0.39 is 15.4 Å². The number of carbonyl (C=O) groups is 1. The lowest BCUT2D eigenvalue weighted by Gasteiger charge is -2.33. The molecular formula is C27H31NO5S. The summed E-state index contributed by atoms with van der Waals surface area (Å²) in [6, 6.07) is 12.9. The van der Waals surface area contributed by atoms with E-state index in [0.717, 1.165) is 37.5 Å². The van der Waals surface area contributed by atoms with Gasteiger partial charge in [0.2, 0.25) is 10.0 Å². The lowest BCUT2D eigenvalue weighted by molar-refractivity contribution is -0.121. The fourth-order valence-electron chi connectivity index (χ4n) is 4.84. The zero-order valence-corrected chi connectivity index (χ0v) is 20.5. The number of hydrogen-bond acceptors (Lipinski definition) is 5. The Balaban J connectivity index is 1.71. The van der Waals surface area contributed by atoms with E-state index in [-0.39, 0.29) is 11.9 Å². The standard InChI is InChI=1S/C27H31NO5S/c1-32-25-13-12-21(18-26(25)33-24-10-3-4-11-24)27(15-6-9-23(29)19-27)16-14-20-7-5-8-22(17-20)28-34(2,30)31/h5,7-8,12-13,17-18,24,28H,3-4,6,9-11,15,19H2,1-2H3. The van der Waals surface area contributed by atoms with Crippen LogP contribution in [0.5, 0.6) is 11.5 Å². The summed E-state index contributed by atoms with van der Waals surface area (Å²) in [6.45, 7) is 0. The zero-order valence-electron chi connectivity index (χ0n) is 19.7. The minimum Gasteiger partial charge on any atom is -0.493 e. The van der Waals surface area contributed by atoms with E-state index in [2.05, 4.69) is 16.6 Å². The molecule has 0 bridgehead atoms. The van der Waals surface area contributed by atoms with Gasteiger partial charge in [0.15, 0.2) is 11.5 Å². The van der Waals surface area contributed by atoms with Gasteiger partial charge in [-0.3, -0.25) is 9.52 Å². The summed E-state index contributed by atoms with van der Waals surface area (Å²) in [6.07, 6.45) is 8.16. The molecule has 0 amide bonds. The molecule has 1 unspecified atom stereocenters. The first-order chi connectivity index (χ1) is 16.3. The number of ketones is 1. The number of Topliss-reactive ketones (excluding diaryl/α,β-unsaturated/α-hetero) is 1. The summed E-state index contributed by atoms with van der Waals surface area (Å²) in [4.78, 5) is 12.6. The second-order valence-electron chi connectivity index (χ2n) is 9.25. The number of carbonyl (C=O) groups excluding carboxylic acids is 1. The smallest absolute Gasteiger partial charge is 0.229 e. The van der Waals surface area contributed by atoms with Crippen LogP contribution in [0.3, 0.4) is 0 Å². The summed E-state index contributed by atoms with van der Waals surface area (Å²) < 4.78 is 37.5. The van der Waals surface area contributed by atoms with Crippen LogP contribution in [-0.4, -0.2) is 33.7 Å². The maximum absolute atomic E-state index is 12.6. The highest BCUT2D eigenvalue weighted by molar-refractivity contribution is 7.92. The zero-order chi connectivity index (χ0) is 24.2. The molecule has 0 aliphatic heterocycles. The van der Waals surface area contributed by atoms with E-state index >= 15 is 0 Å². The van der Waals surface area contributed by atoms with Crippen LogP contribution in [0.15, 0.2) is 42.5 Å². The summed E-state index contributed by atoms with van der Waals surface area (Å²) in [5.74, 6) is 8.19. The Morgan fingerprint density at radius 3 is 2.56 bits per heavy atom. The number of sulfonamides is 1. The SMILES string of the molecule is COc1ccc(C2(C#Cc3cccc(NS(C)(=O)=O)c3)CCCC(=O)C2)cc1OC1CCCC1. The molecule has 2 aromatic rings. The lowest BCUT2D eigenvalue weighted by Crippen LogP contribution is -2.32. The van der Waals surface area contributed by atoms with E-state index in [1.165, 1.54) is 12.8 Å². The van der Waals surface area contributed by atoms with E-state index in [0.29, 0.717) is 35.6 Å². The average molecular weight is 482 g/mol. The first-order valence-corrected chi connectivity index (χ1v) is 13.6. The van der Waals surface area contributed by atoms with Crippen molar-refractivity contribution in [3.63, 3.8) is 0 Å². The maximum Gasteiger partial charge on any atom is 0.229 e. The van der Waals surface area contributed by atoms with Crippen LogP contribution in [0.1, 0.15) is 62.5 Å². The monoisotopic (exact) mass is 481 g/mol. The van der Waals surface area contributed by atoms with Gasteiger partial charge in [-0.2, -0.15) is 0 Å². The fourth-order valence-corrected chi connectivity index (χ4v) is 5.40. The second kappa shape index (κ2) is 10.1. The van der Waals surface area contributed by atoms with Crippen LogP contribution in [-0.2, 0) is 20.2 Å². The summed E-state index contributed by atoms with van der Waals surface area (Å²) in [5, 5.41) is 0. The first kappa shape index (κ1) is 24.2. The summed E-state index contributed by atoms with van der Waals surface area (Å²) in [5.41, 5.74) is 1.46. The minimum atomic E-state index is -3.38. The predicted molar refractivity (Wildman–Crippen MR) is 133 cm³/mol. The van der Waals surface area contributed by atoms with Crippen LogP contribution < -0.4 is 14.2 Å². The Morgan fingerprint density at radius 1 is 1.06 bits per heavy atom. The highest BCUT2D eigenvalue weighted by Gasteiger charge is 2.37. The molecule has 0 heterocycles. The maximum atomic E-state index is 12.6. The third-order valence-electron chi connectivity index (χ3n) is 6.48. The van der Waals surface area contributed by atoms with Crippen molar-refractivity contribution in [2.45, 2.75) is 62.9 Å². The van der Waals surface area contributed by atoms with Crippen molar-refractivity contribution in [1.29, 1.82) is 0 Å². The summed E-state index contributed by atoms with van der Waals surface area (Å²) in [7, 11) is -1.75. The Bertz CT molecular complexity index is 1220. The third kappa shape index (κ3) is 5.92. The van der Waals surface area contributed by atoms with E-state index in [1.54, 1.807) is 25.3 Å².